The Kier molecular flexibility index (Phi) is 3.71. The van der Waals surface area contributed by atoms with Crippen molar-refractivity contribution in [3.8, 4) is 0 Å². The number of nitrogens with zero attached hydrogens (tertiary/aromatic N) is 3. The maximum absolute atomic E-state index is 12.2. The second kappa shape index (κ2) is 5.38. The molecule has 0 aliphatic heterocycles. The molecule has 7 heteroatoms. The molecule has 2 aliphatic rings. The summed E-state index contributed by atoms with van der Waals surface area (Å²) in [6.45, 7) is 4.98. The zero-order valence-electron chi connectivity index (χ0n) is 12.4. The van der Waals surface area contributed by atoms with Gasteiger partial charge in [-0.2, -0.15) is 0 Å². The monoisotopic (exact) mass is 294 g/mol. The summed E-state index contributed by atoms with van der Waals surface area (Å²) in [7, 11) is 0. The minimum Gasteiger partial charge on any atom is -0.390 e. The van der Waals surface area contributed by atoms with Crippen molar-refractivity contribution < 1.29 is 15.0 Å². The summed E-state index contributed by atoms with van der Waals surface area (Å²) < 4.78 is 1.69. The second-order valence-electron chi connectivity index (χ2n) is 6.19. The number of aliphatic hydroxyl groups is 2. The van der Waals surface area contributed by atoms with Crippen molar-refractivity contribution in [2.45, 2.75) is 45.4 Å². The molecule has 2 fully saturated rings. The molecule has 0 aromatic carbocycles. The van der Waals surface area contributed by atoms with Gasteiger partial charge in [0.15, 0.2) is 5.69 Å². The lowest BCUT2D eigenvalue weighted by Gasteiger charge is -2.29. The van der Waals surface area contributed by atoms with Crippen LogP contribution < -0.4 is 5.32 Å². The molecular formula is C14H22N4O3. The van der Waals surface area contributed by atoms with Crippen molar-refractivity contribution in [2.24, 2.45) is 17.8 Å². The highest BCUT2D eigenvalue weighted by Gasteiger charge is 2.51. The first kappa shape index (κ1) is 14.5. The Morgan fingerprint density at radius 2 is 2.14 bits per heavy atom. The van der Waals surface area contributed by atoms with Gasteiger partial charge in [0.05, 0.1) is 17.9 Å². The molecule has 0 radical (unpaired) electrons. The summed E-state index contributed by atoms with van der Waals surface area (Å²) in [6, 6.07) is 0. The van der Waals surface area contributed by atoms with E-state index in [1.165, 1.54) is 0 Å². The minimum atomic E-state index is -0.645. The first-order chi connectivity index (χ1) is 10.0. The van der Waals surface area contributed by atoms with Gasteiger partial charge in [0.2, 0.25) is 0 Å². The van der Waals surface area contributed by atoms with Gasteiger partial charge in [-0.25, -0.2) is 4.68 Å². The SMILES string of the molecule is CCn1nnc(C(=O)NC[C@@H]2C[C@H]3C[C@@H]2[C@H](O)[C@@H]3O)c1C. The molecule has 2 bridgehead atoms. The molecule has 3 rings (SSSR count). The minimum absolute atomic E-state index is 0.0951. The summed E-state index contributed by atoms with van der Waals surface area (Å²) in [5.74, 6) is 0.288. The molecule has 1 aromatic rings. The summed E-state index contributed by atoms with van der Waals surface area (Å²) in [5, 5.41) is 30.4. The third-order valence-electron chi connectivity index (χ3n) is 5.08. The van der Waals surface area contributed by atoms with Gasteiger partial charge in [0.1, 0.15) is 0 Å². The summed E-state index contributed by atoms with van der Waals surface area (Å²) in [6.07, 6.45) is 0.486. The summed E-state index contributed by atoms with van der Waals surface area (Å²) in [5.41, 5.74) is 1.12. The van der Waals surface area contributed by atoms with Crippen LogP contribution in [0.1, 0.15) is 35.9 Å². The fourth-order valence-electron chi connectivity index (χ4n) is 3.84. The van der Waals surface area contributed by atoms with Crippen LogP contribution in [0.5, 0.6) is 0 Å². The molecule has 5 atom stereocenters. The standard InChI is InChI=1S/C14H22N4O3/c1-3-18-7(2)11(16-17-18)14(21)15-6-9-4-8-5-10(9)13(20)12(8)19/h8-10,12-13,19-20H,3-6H2,1-2H3,(H,15,21)/t8-,9-,10-,12+,13-/m0/s1. The smallest absolute Gasteiger partial charge is 0.273 e. The zero-order valence-corrected chi connectivity index (χ0v) is 12.4. The molecule has 1 heterocycles. The van der Waals surface area contributed by atoms with Gasteiger partial charge in [0, 0.05) is 13.1 Å². The van der Waals surface area contributed by atoms with E-state index in [4.69, 9.17) is 0 Å². The topological polar surface area (TPSA) is 100 Å². The Balaban J connectivity index is 1.59. The summed E-state index contributed by atoms with van der Waals surface area (Å²) >= 11 is 0. The molecular weight excluding hydrogens is 272 g/mol. The van der Waals surface area contributed by atoms with E-state index < -0.39 is 12.2 Å². The van der Waals surface area contributed by atoms with Crippen molar-refractivity contribution >= 4 is 5.91 Å². The Labute approximate surface area is 123 Å². The van der Waals surface area contributed by atoms with E-state index in [0.717, 1.165) is 18.5 Å². The molecule has 0 unspecified atom stereocenters. The van der Waals surface area contributed by atoms with Crippen LogP contribution in [0, 0.1) is 24.7 Å². The van der Waals surface area contributed by atoms with Crippen LogP contribution in [-0.4, -0.2) is 49.9 Å². The number of amides is 1. The molecule has 2 aliphatic carbocycles. The van der Waals surface area contributed by atoms with Gasteiger partial charge in [-0.1, -0.05) is 5.21 Å². The number of aryl methyl sites for hydroxylation is 1. The van der Waals surface area contributed by atoms with Gasteiger partial charge < -0.3 is 15.5 Å². The Morgan fingerprint density at radius 3 is 2.71 bits per heavy atom. The molecule has 0 spiro atoms. The third kappa shape index (κ3) is 2.34. The number of aliphatic hydroxyl groups excluding tert-OH is 2. The van der Waals surface area contributed by atoms with Gasteiger partial charge >= 0.3 is 0 Å². The van der Waals surface area contributed by atoms with Crippen LogP contribution in [0.2, 0.25) is 0 Å². The lowest BCUT2D eigenvalue weighted by Crippen LogP contribution is -2.41. The largest absolute Gasteiger partial charge is 0.390 e. The molecule has 7 nitrogen and oxygen atoms in total. The Hall–Kier alpha value is -1.47. The van der Waals surface area contributed by atoms with Crippen molar-refractivity contribution in [1.29, 1.82) is 0 Å². The number of rotatable bonds is 4. The van der Waals surface area contributed by atoms with Gasteiger partial charge in [-0.05, 0) is 44.4 Å². The van der Waals surface area contributed by atoms with Crippen LogP contribution in [0.4, 0.5) is 0 Å². The van der Waals surface area contributed by atoms with Crippen LogP contribution in [-0.2, 0) is 6.54 Å². The van der Waals surface area contributed by atoms with Gasteiger partial charge in [-0.15, -0.1) is 5.10 Å². The molecule has 1 aromatic heterocycles. The number of fused-ring (bicyclic) bond motifs is 2. The molecule has 1 amide bonds. The van der Waals surface area contributed by atoms with Crippen LogP contribution >= 0.6 is 0 Å². The van der Waals surface area contributed by atoms with E-state index in [2.05, 4.69) is 15.6 Å². The predicted octanol–water partition coefficient (Wildman–Crippen LogP) is -0.286. The molecule has 0 saturated heterocycles. The zero-order chi connectivity index (χ0) is 15.1. The number of carbonyl (C=O) groups is 1. The highest BCUT2D eigenvalue weighted by Crippen LogP contribution is 2.48. The number of aromatic nitrogens is 3. The van der Waals surface area contributed by atoms with E-state index in [-0.39, 0.29) is 23.7 Å². The highest BCUT2D eigenvalue weighted by atomic mass is 16.3. The average Bonchev–Trinajstić information content (AvgIpc) is 3.12. The molecule has 3 N–H and O–H groups in total. The maximum atomic E-state index is 12.2. The van der Waals surface area contributed by atoms with Crippen LogP contribution in [0.15, 0.2) is 0 Å². The van der Waals surface area contributed by atoms with E-state index in [1.54, 1.807) is 4.68 Å². The molecule has 116 valence electrons. The molecule has 21 heavy (non-hydrogen) atoms. The second-order valence-corrected chi connectivity index (χ2v) is 6.19. The van der Waals surface area contributed by atoms with E-state index in [1.807, 2.05) is 13.8 Å². The summed E-state index contributed by atoms with van der Waals surface area (Å²) in [4.78, 5) is 12.2. The van der Waals surface area contributed by atoms with E-state index in [9.17, 15) is 15.0 Å². The number of hydrogen-bond donors (Lipinski definition) is 3. The quantitative estimate of drug-likeness (QED) is 0.709. The number of nitrogens with one attached hydrogen (secondary N) is 1. The van der Waals surface area contributed by atoms with Crippen molar-refractivity contribution in [2.75, 3.05) is 6.54 Å². The van der Waals surface area contributed by atoms with E-state index >= 15 is 0 Å². The predicted molar refractivity (Wildman–Crippen MR) is 74.5 cm³/mol. The van der Waals surface area contributed by atoms with E-state index in [0.29, 0.717) is 18.8 Å². The Morgan fingerprint density at radius 1 is 1.38 bits per heavy atom. The normalized spacial score (nSPS) is 34.4. The fourth-order valence-corrected chi connectivity index (χ4v) is 3.84. The van der Waals surface area contributed by atoms with Gasteiger partial charge in [0.25, 0.3) is 5.91 Å². The first-order valence-electron chi connectivity index (χ1n) is 7.57. The molecule has 2 saturated carbocycles. The lowest BCUT2D eigenvalue weighted by atomic mass is 9.85. The van der Waals surface area contributed by atoms with Crippen LogP contribution in [0.25, 0.3) is 0 Å². The highest BCUT2D eigenvalue weighted by molar-refractivity contribution is 5.93. The van der Waals surface area contributed by atoms with Crippen molar-refractivity contribution in [3.63, 3.8) is 0 Å². The van der Waals surface area contributed by atoms with Crippen molar-refractivity contribution in [3.05, 3.63) is 11.4 Å². The Bertz CT molecular complexity index is 542. The van der Waals surface area contributed by atoms with Crippen molar-refractivity contribution in [1.82, 2.24) is 20.3 Å². The first-order valence-corrected chi connectivity index (χ1v) is 7.57. The van der Waals surface area contributed by atoms with Crippen LogP contribution in [0.3, 0.4) is 0 Å². The fraction of sp³-hybridized carbons (Fsp3) is 0.786. The maximum Gasteiger partial charge on any atom is 0.273 e. The number of carbonyl (C=O) groups excluding carboxylic acids is 1. The van der Waals surface area contributed by atoms with Gasteiger partial charge in [-0.3, -0.25) is 4.79 Å². The lowest BCUT2D eigenvalue weighted by molar-refractivity contribution is -0.0332. The third-order valence-corrected chi connectivity index (χ3v) is 5.08. The number of hydrogen-bond acceptors (Lipinski definition) is 5. The average molecular weight is 294 g/mol.